The number of methoxy groups -OCH3 is 1. The summed E-state index contributed by atoms with van der Waals surface area (Å²) in [6.07, 6.45) is 0.872. The van der Waals surface area contributed by atoms with Crippen LogP contribution in [-0.4, -0.2) is 49.6 Å². The molecule has 1 saturated heterocycles. The third-order valence-corrected chi connectivity index (χ3v) is 6.35. The Morgan fingerprint density at radius 3 is 2.74 bits per heavy atom. The first-order valence-electron chi connectivity index (χ1n) is 10.3. The summed E-state index contributed by atoms with van der Waals surface area (Å²) in [6, 6.07) is 12.8. The van der Waals surface area contributed by atoms with Crippen LogP contribution in [0, 0.1) is 5.92 Å². The fourth-order valence-electron chi connectivity index (χ4n) is 4.21. The van der Waals surface area contributed by atoms with E-state index in [2.05, 4.69) is 4.90 Å². The van der Waals surface area contributed by atoms with E-state index < -0.39 is 12.1 Å². The maximum absolute atomic E-state index is 13.5. The van der Waals surface area contributed by atoms with Gasteiger partial charge in [0.25, 0.3) is 0 Å². The quantitative estimate of drug-likeness (QED) is 0.638. The number of para-hydroxylation sites is 2. The van der Waals surface area contributed by atoms with Gasteiger partial charge in [0.2, 0.25) is 12.0 Å². The molecule has 0 N–H and O–H groups in total. The number of halogens is 2. The van der Waals surface area contributed by atoms with E-state index >= 15 is 0 Å². The van der Waals surface area contributed by atoms with Crippen LogP contribution in [-0.2, 0) is 20.9 Å². The van der Waals surface area contributed by atoms with Gasteiger partial charge in [-0.15, -0.1) is 0 Å². The molecule has 1 amide bonds. The van der Waals surface area contributed by atoms with Gasteiger partial charge in [-0.05, 0) is 49.2 Å². The highest BCUT2D eigenvalue weighted by Crippen LogP contribution is 2.35. The first kappa shape index (κ1) is 21.9. The van der Waals surface area contributed by atoms with Crippen molar-refractivity contribution >= 4 is 40.8 Å². The second-order valence-corrected chi connectivity index (χ2v) is 8.70. The molecule has 6 nitrogen and oxygen atoms in total. The zero-order chi connectivity index (χ0) is 22.0. The summed E-state index contributed by atoms with van der Waals surface area (Å²) >= 11 is 12.3. The van der Waals surface area contributed by atoms with Crippen molar-refractivity contribution in [2.75, 3.05) is 31.6 Å². The molecule has 8 heteroatoms. The number of carbonyl (C=O) groups is 2. The van der Waals surface area contributed by atoms with Crippen LogP contribution >= 0.6 is 23.2 Å². The van der Waals surface area contributed by atoms with E-state index in [1.165, 1.54) is 7.11 Å². The van der Waals surface area contributed by atoms with E-state index in [4.69, 9.17) is 32.7 Å². The average molecular weight is 463 g/mol. The predicted octanol–water partition coefficient (Wildman–Crippen LogP) is 4.17. The Labute approximate surface area is 191 Å². The molecule has 2 heterocycles. The molecule has 0 bridgehead atoms. The molecule has 2 aliphatic heterocycles. The van der Waals surface area contributed by atoms with Gasteiger partial charge in [0, 0.05) is 23.1 Å². The molecular weight excluding hydrogens is 439 g/mol. The highest BCUT2D eigenvalue weighted by atomic mass is 35.5. The molecule has 2 aromatic carbocycles. The van der Waals surface area contributed by atoms with E-state index in [1.54, 1.807) is 17.0 Å². The van der Waals surface area contributed by atoms with Crippen LogP contribution in [0.3, 0.4) is 0 Å². The molecule has 2 atom stereocenters. The van der Waals surface area contributed by atoms with Gasteiger partial charge in [-0.25, -0.2) is 4.79 Å². The minimum atomic E-state index is -0.837. The van der Waals surface area contributed by atoms with E-state index in [1.807, 2.05) is 30.3 Å². The average Bonchev–Trinajstić information content (AvgIpc) is 2.79. The Morgan fingerprint density at radius 2 is 1.97 bits per heavy atom. The fraction of sp³-hybridized carbons (Fsp3) is 0.391. The number of likely N-dealkylation sites (tertiary alicyclic amines) is 1. The number of amides is 1. The molecule has 0 aliphatic carbocycles. The van der Waals surface area contributed by atoms with Crippen molar-refractivity contribution in [3.63, 3.8) is 0 Å². The lowest BCUT2D eigenvalue weighted by atomic mass is 9.95. The first-order valence-corrected chi connectivity index (χ1v) is 11.0. The van der Waals surface area contributed by atoms with Gasteiger partial charge in [0.1, 0.15) is 5.75 Å². The summed E-state index contributed by atoms with van der Waals surface area (Å²) in [5.74, 6) is -0.158. The second-order valence-electron chi connectivity index (χ2n) is 7.86. The Bertz CT molecular complexity index is 984. The Morgan fingerprint density at radius 1 is 1.16 bits per heavy atom. The number of hydrogen-bond donors (Lipinski definition) is 0. The standard InChI is InChI=1S/C23H24Cl2N2O4/c1-30-23(29)21-14-27(19-6-2-3-7-20(19)31-21)22(28)16-5-4-10-26(13-16)12-15-8-9-17(24)11-18(15)25/h2-3,6-9,11,16,21H,4-5,10,12-14H2,1H3/t16-,21-/m0/s1. The van der Waals surface area contributed by atoms with Crippen LogP contribution in [0.4, 0.5) is 5.69 Å². The lowest BCUT2D eigenvalue weighted by Crippen LogP contribution is -2.51. The van der Waals surface area contributed by atoms with Crippen molar-refractivity contribution in [2.45, 2.75) is 25.5 Å². The van der Waals surface area contributed by atoms with Gasteiger partial charge < -0.3 is 14.4 Å². The van der Waals surface area contributed by atoms with E-state index in [9.17, 15) is 9.59 Å². The van der Waals surface area contributed by atoms with Crippen LogP contribution in [0.25, 0.3) is 0 Å². The molecule has 164 valence electrons. The molecule has 31 heavy (non-hydrogen) atoms. The number of fused-ring (bicyclic) bond motifs is 1. The summed E-state index contributed by atoms with van der Waals surface area (Å²) < 4.78 is 10.6. The predicted molar refractivity (Wildman–Crippen MR) is 120 cm³/mol. The minimum Gasteiger partial charge on any atom is -0.475 e. The van der Waals surface area contributed by atoms with Crippen molar-refractivity contribution in [1.82, 2.24) is 4.90 Å². The normalized spacial score (nSPS) is 21.2. The van der Waals surface area contributed by atoms with Gasteiger partial charge >= 0.3 is 5.97 Å². The summed E-state index contributed by atoms with van der Waals surface area (Å²) in [5.41, 5.74) is 1.67. The van der Waals surface area contributed by atoms with Crippen molar-refractivity contribution < 1.29 is 19.1 Å². The summed E-state index contributed by atoms with van der Waals surface area (Å²) in [4.78, 5) is 29.6. The van der Waals surface area contributed by atoms with Crippen LogP contribution in [0.2, 0.25) is 10.0 Å². The highest BCUT2D eigenvalue weighted by Gasteiger charge is 2.38. The topological polar surface area (TPSA) is 59.1 Å². The summed E-state index contributed by atoms with van der Waals surface area (Å²) in [7, 11) is 1.32. The lowest BCUT2D eigenvalue weighted by Gasteiger charge is -2.38. The largest absolute Gasteiger partial charge is 0.475 e. The van der Waals surface area contributed by atoms with Crippen molar-refractivity contribution in [2.24, 2.45) is 5.92 Å². The molecule has 0 spiro atoms. The number of rotatable bonds is 4. The number of benzene rings is 2. The molecule has 2 aliphatic rings. The van der Waals surface area contributed by atoms with E-state index in [0.29, 0.717) is 34.6 Å². The number of anilines is 1. The van der Waals surface area contributed by atoms with Gasteiger partial charge in [0.15, 0.2) is 0 Å². The van der Waals surface area contributed by atoms with E-state index in [-0.39, 0.29) is 18.4 Å². The zero-order valence-corrected chi connectivity index (χ0v) is 18.7. The van der Waals surface area contributed by atoms with Crippen molar-refractivity contribution in [3.8, 4) is 5.75 Å². The smallest absolute Gasteiger partial charge is 0.348 e. The van der Waals surface area contributed by atoms with Crippen LogP contribution in [0.1, 0.15) is 18.4 Å². The first-order chi connectivity index (χ1) is 15.0. The Kier molecular flexibility index (Phi) is 6.70. The molecule has 0 aromatic heterocycles. The highest BCUT2D eigenvalue weighted by molar-refractivity contribution is 6.35. The van der Waals surface area contributed by atoms with Crippen molar-refractivity contribution in [3.05, 3.63) is 58.1 Å². The Balaban J connectivity index is 1.50. The number of ether oxygens (including phenoxy) is 2. The number of carbonyl (C=O) groups excluding carboxylic acids is 2. The maximum atomic E-state index is 13.5. The van der Waals surface area contributed by atoms with Gasteiger partial charge in [-0.2, -0.15) is 0 Å². The van der Waals surface area contributed by atoms with Crippen molar-refractivity contribution in [1.29, 1.82) is 0 Å². The van der Waals surface area contributed by atoms with Crippen LogP contribution in [0.5, 0.6) is 5.75 Å². The third-order valence-electron chi connectivity index (χ3n) is 5.77. The molecule has 1 fully saturated rings. The molecule has 0 unspecified atom stereocenters. The summed E-state index contributed by atoms with van der Waals surface area (Å²) in [6.45, 7) is 2.32. The number of piperidine rings is 1. The minimum absolute atomic E-state index is 0.00319. The number of esters is 1. The molecule has 4 rings (SSSR count). The number of hydrogen-bond acceptors (Lipinski definition) is 5. The maximum Gasteiger partial charge on any atom is 0.348 e. The molecule has 2 aromatic rings. The molecule has 0 saturated carbocycles. The summed E-state index contributed by atoms with van der Waals surface area (Å²) in [5, 5.41) is 1.23. The number of nitrogens with zero attached hydrogens (tertiary/aromatic N) is 2. The molecule has 0 radical (unpaired) electrons. The Hall–Kier alpha value is -2.28. The zero-order valence-electron chi connectivity index (χ0n) is 17.2. The molecular formula is C23H24Cl2N2O4. The monoisotopic (exact) mass is 462 g/mol. The fourth-order valence-corrected chi connectivity index (χ4v) is 4.68. The lowest BCUT2D eigenvalue weighted by molar-refractivity contribution is -0.148. The van der Waals surface area contributed by atoms with Crippen LogP contribution < -0.4 is 9.64 Å². The van der Waals surface area contributed by atoms with Gasteiger partial charge in [0.05, 0.1) is 25.3 Å². The van der Waals surface area contributed by atoms with E-state index in [0.717, 1.165) is 24.9 Å². The van der Waals surface area contributed by atoms with Gasteiger partial charge in [-0.3, -0.25) is 9.69 Å². The SMILES string of the molecule is COC(=O)[C@@H]1CN(C(=O)[C@H]2CCCN(Cc3ccc(Cl)cc3Cl)C2)c2ccccc2O1. The second kappa shape index (κ2) is 9.47. The van der Waals surface area contributed by atoms with Crippen LogP contribution in [0.15, 0.2) is 42.5 Å². The van der Waals surface area contributed by atoms with Gasteiger partial charge in [-0.1, -0.05) is 41.4 Å². The third kappa shape index (κ3) is 4.81.